The Hall–Kier alpha value is -1.96. The van der Waals surface area contributed by atoms with Gasteiger partial charge in [0.05, 0.1) is 0 Å². The summed E-state index contributed by atoms with van der Waals surface area (Å²) < 4.78 is 5.96. The van der Waals surface area contributed by atoms with Crippen molar-refractivity contribution in [3.63, 3.8) is 0 Å². The predicted molar refractivity (Wildman–Crippen MR) is 80.8 cm³/mol. The largest absolute Gasteiger partial charge is 0.471 e. The van der Waals surface area contributed by atoms with Crippen LogP contribution in [0.5, 0.6) is 5.75 Å². The number of ether oxygens (including phenoxy) is 1. The van der Waals surface area contributed by atoms with Crippen molar-refractivity contribution in [3.05, 3.63) is 60.2 Å². The maximum Gasteiger partial charge on any atom is 0.169 e. The van der Waals surface area contributed by atoms with E-state index in [1.165, 1.54) is 5.56 Å². The van der Waals surface area contributed by atoms with E-state index in [0.717, 1.165) is 17.9 Å². The van der Waals surface area contributed by atoms with Crippen LogP contribution in [0.4, 0.5) is 5.69 Å². The van der Waals surface area contributed by atoms with E-state index >= 15 is 0 Å². The highest BCUT2D eigenvalue weighted by Gasteiger charge is 2.10. The molecule has 0 saturated heterocycles. The lowest BCUT2D eigenvalue weighted by Crippen LogP contribution is -2.33. The number of rotatable bonds is 5. The molecule has 0 spiro atoms. The van der Waals surface area contributed by atoms with Crippen LogP contribution >= 0.6 is 0 Å². The van der Waals surface area contributed by atoms with Gasteiger partial charge in [-0.05, 0) is 43.2 Å². The fourth-order valence-corrected chi connectivity index (χ4v) is 1.95. The molecule has 2 heteroatoms. The minimum absolute atomic E-state index is 0.00474. The maximum absolute atomic E-state index is 5.96. The molecule has 2 aromatic carbocycles. The molecule has 2 nitrogen and oxygen atoms in total. The summed E-state index contributed by atoms with van der Waals surface area (Å²) in [6.45, 7) is 4.21. The average Bonchev–Trinajstić information content (AvgIpc) is 2.48. The van der Waals surface area contributed by atoms with Gasteiger partial charge < -0.3 is 9.64 Å². The zero-order valence-electron chi connectivity index (χ0n) is 11.8. The SMILES string of the molecule is CCc1ccc(OC(C)N(C)c2ccccc2)cc1. The molecule has 19 heavy (non-hydrogen) atoms. The van der Waals surface area contributed by atoms with Crippen molar-refractivity contribution in [3.8, 4) is 5.75 Å². The standard InChI is InChI=1S/C17H21NO/c1-4-15-10-12-17(13-11-15)19-14(2)18(3)16-8-6-5-7-9-16/h5-14H,4H2,1-3H3. The zero-order valence-corrected chi connectivity index (χ0v) is 11.8. The van der Waals surface area contributed by atoms with Gasteiger partial charge in [0.2, 0.25) is 0 Å². The van der Waals surface area contributed by atoms with Gasteiger partial charge in [-0.1, -0.05) is 37.3 Å². The molecule has 100 valence electrons. The van der Waals surface area contributed by atoms with Crippen molar-refractivity contribution in [2.45, 2.75) is 26.5 Å². The molecule has 2 rings (SSSR count). The molecule has 2 aromatic rings. The van der Waals surface area contributed by atoms with E-state index in [-0.39, 0.29) is 6.23 Å². The molecule has 0 aromatic heterocycles. The number of anilines is 1. The summed E-state index contributed by atoms with van der Waals surface area (Å²) in [4.78, 5) is 2.12. The first-order valence-electron chi connectivity index (χ1n) is 6.74. The number of aryl methyl sites for hydroxylation is 1. The molecule has 0 heterocycles. The normalized spacial score (nSPS) is 11.9. The van der Waals surface area contributed by atoms with Crippen LogP contribution in [-0.4, -0.2) is 13.3 Å². The lowest BCUT2D eigenvalue weighted by molar-refractivity contribution is 0.221. The van der Waals surface area contributed by atoms with Crippen LogP contribution in [0.1, 0.15) is 19.4 Å². The van der Waals surface area contributed by atoms with Gasteiger partial charge in [-0.2, -0.15) is 0 Å². The molecule has 0 saturated carbocycles. The van der Waals surface area contributed by atoms with Crippen LogP contribution in [0.15, 0.2) is 54.6 Å². The van der Waals surface area contributed by atoms with Gasteiger partial charge in [-0.15, -0.1) is 0 Å². The highest BCUT2D eigenvalue weighted by Crippen LogP contribution is 2.19. The maximum atomic E-state index is 5.96. The van der Waals surface area contributed by atoms with Gasteiger partial charge in [-0.25, -0.2) is 0 Å². The fraction of sp³-hybridized carbons (Fsp3) is 0.294. The van der Waals surface area contributed by atoms with Crippen LogP contribution in [-0.2, 0) is 6.42 Å². The molecular weight excluding hydrogens is 234 g/mol. The van der Waals surface area contributed by atoms with E-state index in [9.17, 15) is 0 Å². The molecule has 1 unspecified atom stereocenters. The van der Waals surface area contributed by atoms with Gasteiger partial charge in [0.1, 0.15) is 5.75 Å². The van der Waals surface area contributed by atoms with E-state index in [0.29, 0.717) is 0 Å². The van der Waals surface area contributed by atoms with Crippen molar-refractivity contribution in [2.24, 2.45) is 0 Å². The van der Waals surface area contributed by atoms with Crippen molar-refractivity contribution in [1.29, 1.82) is 0 Å². The molecule has 0 aliphatic heterocycles. The summed E-state index contributed by atoms with van der Waals surface area (Å²) in [5, 5.41) is 0. The first kappa shape index (κ1) is 13.5. The number of benzene rings is 2. The Balaban J connectivity index is 2.01. The lowest BCUT2D eigenvalue weighted by atomic mass is 10.2. The van der Waals surface area contributed by atoms with Crippen molar-refractivity contribution in [2.75, 3.05) is 11.9 Å². The first-order valence-corrected chi connectivity index (χ1v) is 6.74. The Morgan fingerprint density at radius 2 is 1.63 bits per heavy atom. The van der Waals surface area contributed by atoms with Gasteiger partial charge >= 0.3 is 0 Å². The monoisotopic (exact) mass is 255 g/mol. The predicted octanol–water partition coefficient (Wildman–Crippen LogP) is 4.11. The minimum Gasteiger partial charge on any atom is -0.471 e. The van der Waals surface area contributed by atoms with Gasteiger partial charge in [-0.3, -0.25) is 0 Å². The summed E-state index contributed by atoms with van der Waals surface area (Å²) in [5.74, 6) is 0.910. The van der Waals surface area contributed by atoms with E-state index in [4.69, 9.17) is 4.74 Å². The van der Waals surface area contributed by atoms with Crippen molar-refractivity contribution in [1.82, 2.24) is 0 Å². The molecule has 1 atom stereocenters. The Morgan fingerprint density at radius 3 is 2.21 bits per heavy atom. The third kappa shape index (κ3) is 3.50. The molecule has 0 aliphatic carbocycles. The topological polar surface area (TPSA) is 12.5 Å². The zero-order chi connectivity index (χ0) is 13.7. The second kappa shape index (κ2) is 6.28. The Kier molecular flexibility index (Phi) is 4.45. The Morgan fingerprint density at radius 1 is 1.00 bits per heavy atom. The Labute approximate surface area is 115 Å². The lowest BCUT2D eigenvalue weighted by Gasteiger charge is -2.27. The van der Waals surface area contributed by atoms with E-state index in [1.807, 2.05) is 37.4 Å². The van der Waals surface area contributed by atoms with Crippen molar-refractivity contribution >= 4 is 5.69 Å². The van der Waals surface area contributed by atoms with E-state index in [2.05, 4.69) is 43.0 Å². The molecule has 0 bridgehead atoms. The fourth-order valence-electron chi connectivity index (χ4n) is 1.95. The number of hydrogen-bond donors (Lipinski definition) is 0. The molecule has 0 amide bonds. The highest BCUT2D eigenvalue weighted by molar-refractivity contribution is 5.45. The van der Waals surface area contributed by atoms with Crippen LogP contribution in [0.25, 0.3) is 0 Å². The summed E-state index contributed by atoms with van der Waals surface area (Å²) in [7, 11) is 2.04. The summed E-state index contributed by atoms with van der Waals surface area (Å²) in [6.07, 6.45) is 1.05. The number of hydrogen-bond acceptors (Lipinski definition) is 2. The summed E-state index contributed by atoms with van der Waals surface area (Å²) >= 11 is 0. The molecule has 0 radical (unpaired) electrons. The minimum atomic E-state index is -0.00474. The van der Waals surface area contributed by atoms with Crippen LogP contribution in [0.3, 0.4) is 0 Å². The second-order valence-corrected chi connectivity index (χ2v) is 4.66. The highest BCUT2D eigenvalue weighted by atomic mass is 16.5. The quantitative estimate of drug-likeness (QED) is 0.745. The average molecular weight is 255 g/mol. The molecule has 0 aliphatic rings. The van der Waals surface area contributed by atoms with Crippen LogP contribution in [0.2, 0.25) is 0 Å². The third-order valence-corrected chi connectivity index (χ3v) is 3.35. The first-order chi connectivity index (χ1) is 9.20. The number of para-hydroxylation sites is 1. The van der Waals surface area contributed by atoms with Crippen molar-refractivity contribution < 1.29 is 4.74 Å². The second-order valence-electron chi connectivity index (χ2n) is 4.66. The van der Waals surface area contributed by atoms with Gasteiger partial charge in [0.15, 0.2) is 6.23 Å². The molecule has 0 fully saturated rings. The van der Waals surface area contributed by atoms with Crippen LogP contribution in [0, 0.1) is 0 Å². The van der Waals surface area contributed by atoms with Gasteiger partial charge in [0.25, 0.3) is 0 Å². The third-order valence-electron chi connectivity index (χ3n) is 3.35. The van der Waals surface area contributed by atoms with E-state index < -0.39 is 0 Å². The summed E-state index contributed by atoms with van der Waals surface area (Å²) in [5.41, 5.74) is 2.48. The molecular formula is C17H21NO. The van der Waals surface area contributed by atoms with Gasteiger partial charge in [0, 0.05) is 12.7 Å². The van der Waals surface area contributed by atoms with E-state index in [1.54, 1.807) is 0 Å². The Bertz CT molecular complexity index is 492. The number of nitrogens with zero attached hydrogens (tertiary/aromatic N) is 1. The van der Waals surface area contributed by atoms with Crippen LogP contribution < -0.4 is 9.64 Å². The summed E-state index contributed by atoms with van der Waals surface area (Å²) in [6, 6.07) is 18.6. The molecule has 0 N–H and O–H groups in total. The smallest absolute Gasteiger partial charge is 0.169 e.